The van der Waals surface area contributed by atoms with Crippen molar-refractivity contribution in [2.24, 2.45) is 0 Å². The van der Waals surface area contributed by atoms with Gasteiger partial charge in [0.1, 0.15) is 12.3 Å². The second-order valence-corrected chi connectivity index (χ2v) is 6.10. The maximum absolute atomic E-state index is 12.4. The third kappa shape index (κ3) is 2.59. The zero-order chi connectivity index (χ0) is 15.8. The number of rotatable bonds is 4. The smallest absolute Gasteiger partial charge is 0.437 e. The van der Waals surface area contributed by atoms with Gasteiger partial charge >= 0.3 is 5.76 Å². The largest absolute Gasteiger partial charge is 0.493 e. The van der Waals surface area contributed by atoms with Gasteiger partial charge in [0.2, 0.25) is 0 Å². The Labute approximate surface area is 134 Å². The number of carbonyl (C=O) groups excluding carboxylic acids is 1. The van der Waals surface area contributed by atoms with Crippen LogP contribution in [0.2, 0.25) is 0 Å². The van der Waals surface area contributed by atoms with E-state index in [4.69, 9.17) is 9.15 Å². The first-order valence-electron chi connectivity index (χ1n) is 7.11. The number of benzene rings is 1. The summed E-state index contributed by atoms with van der Waals surface area (Å²) >= 11 is 1.42. The molecule has 0 spiro atoms. The fourth-order valence-electron chi connectivity index (χ4n) is 2.49. The number of nitrogens with zero attached hydrogens (tertiary/aromatic N) is 2. The quantitative estimate of drug-likeness (QED) is 0.688. The molecule has 1 aromatic carbocycles. The standard InChI is InChI=1S/C16H12N2O4S/c19-12(10-3-4-13-11(8-10)5-6-21-13)9-18-16(20)22-15(17-18)14-2-1-7-23-14/h1-4,7-8H,5-6,9H2. The summed E-state index contributed by atoms with van der Waals surface area (Å²) in [5, 5.41) is 5.96. The molecule has 116 valence electrons. The molecular weight excluding hydrogens is 316 g/mol. The molecule has 0 amide bonds. The highest BCUT2D eigenvalue weighted by molar-refractivity contribution is 7.13. The summed E-state index contributed by atoms with van der Waals surface area (Å²) in [5.74, 6) is 0.236. The summed E-state index contributed by atoms with van der Waals surface area (Å²) < 4.78 is 11.6. The Morgan fingerprint density at radius 1 is 1.35 bits per heavy atom. The average molecular weight is 328 g/mol. The molecule has 0 N–H and O–H groups in total. The molecule has 7 heteroatoms. The minimum Gasteiger partial charge on any atom is -0.493 e. The van der Waals surface area contributed by atoms with Crippen LogP contribution in [-0.4, -0.2) is 22.2 Å². The van der Waals surface area contributed by atoms with E-state index >= 15 is 0 Å². The van der Waals surface area contributed by atoms with E-state index in [1.807, 2.05) is 23.6 Å². The van der Waals surface area contributed by atoms with Gasteiger partial charge in [-0.25, -0.2) is 4.79 Å². The van der Waals surface area contributed by atoms with Gasteiger partial charge in [0.05, 0.1) is 11.5 Å². The van der Waals surface area contributed by atoms with Gasteiger partial charge in [-0.1, -0.05) is 6.07 Å². The maximum atomic E-state index is 12.4. The van der Waals surface area contributed by atoms with E-state index in [0.717, 1.165) is 27.3 Å². The van der Waals surface area contributed by atoms with E-state index in [2.05, 4.69) is 5.10 Å². The van der Waals surface area contributed by atoms with Gasteiger partial charge in [0.25, 0.3) is 5.89 Å². The van der Waals surface area contributed by atoms with Crippen molar-refractivity contribution in [3.8, 4) is 16.5 Å². The Hall–Kier alpha value is -2.67. The first-order chi connectivity index (χ1) is 11.2. The molecule has 4 rings (SSSR count). The number of hydrogen-bond acceptors (Lipinski definition) is 6. The second-order valence-electron chi connectivity index (χ2n) is 5.15. The number of aromatic nitrogens is 2. The molecule has 0 atom stereocenters. The predicted octanol–water partition coefficient (Wildman–Crippen LogP) is 2.38. The van der Waals surface area contributed by atoms with Crippen LogP contribution in [0.5, 0.6) is 5.75 Å². The lowest BCUT2D eigenvalue weighted by Crippen LogP contribution is -2.21. The lowest BCUT2D eigenvalue weighted by atomic mass is 10.1. The number of fused-ring (bicyclic) bond motifs is 1. The van der Waals surface area contributed by atoms with Gasteiger partial charge in [-0.3, -0.25) is 4.79 Å². The Kier molecular flexibility index (Phi) is 3.34. The van der Waals surface area contributed by atoms with Crippen molar-refractivity contribution in [3.05, 3.63) is 57.4 Å². The summed E-state index contributed by atoms with van der Waals surface area (Å²) in [6, 6.07) is 8.96. The monoisotopic (exact) mass is 328 g/mol. The van der Waals surface area contributed by atoms with Crippen LogP contribution in [-0.2, 0) is 13.0 Å². The first-order valence-corrected chi connectivity index (χ1v) is 7.99. The fraction of sp³-hybridized carbons (Fsp3) is 0.188. The highest BCUT2D eigenvalue weighted by Gasteiger charge is 2.18. The van der Waals surface area contributed by atoms with Gasteiger partial charge in [-0.15, -0.1) is 16.4 Å². The second kappa shape index (κ2) is 5.51. The first kappa shape index (κ1) is 14.0. The lowest BCUT2D eigenvalue weighted by Gasteiger charge is -2.03. The van der Waals surface area contributed by atoms with Crippen molar-refractivity contribution in [1.82, 2.24) is 9.78 Å². The number of ketones is 1. The van der Waals surface area contributed by atoms with Gasteiger partial charge in [0, 0.05) is 12.0 Å². The fourth-order valence-corrected chi connectivity index (χ4v) is 3.14. The molecule has 1 aliphatic rings. The van der Waals surface area contributed by atoms with Crippen LogP contribution in [0.15, 0.2) is 44.9 Å². The van der Waals surface area contributed by atoms with Crippen LogP contribution in [0.1, 0.15) is 15.9 Å². The molecule has 2 aromatic heterocycles. The summed E-state index contributed by atoms with van der Waals surface area (Å²) in [4.78, 5) is 25.0. The Morgan fingerprint density at radius 2 is 2.26 bits per heavy atom. The predicted molar refractivity (Wildman–Crippen MR) is 84.0 cm³/mol. The van der Waals surface area contributed by atoms with E-state index in [0.29, 0.717) is 12.2 Å². The zero-order valence-corrected chi connectivity index (χ0v) is 12.8. The lowest BCUT2D eigenvalue weighted by molar-refractivity contribution is 0.0965. The highest BCUT2D eigenvalue weighted by atomic mass is 32.1. The molecule has 0 bridgehead atoms. The molecule has 0 saturated carbocycles. The van der Waals surface area contributed by atoms with Gasteiger partial charge in [-0.05, 0) is 35.2 Å². The van der Waals surface area contributed by atoms with Crippen LogP contribution in [0.25, 0.3) is 10.8 Å². The molecule has 0 saturated heterocycles. The van der Waals surface area contributed by atoms with Crippen LogP contribution >= 0.6 is 11.3 Å². The summed E-state index contributed by atoms with van der Waals surface area (Å²) in [7, 11) is 0. The zero-order valence-electron chi connectivity index (χ0n) is 12.0. The Bertz CT molecular complexity index is 924. The van der Waals surface area contributed by atoms with Crippen molar-refractivity contribution in [2.75, 3.05) is 6.61 Å². The van der Waals surface area contributed by atoms with Crippen LogP contribution < -0.4 is 10.5 Å². The molecule has 0 unspecified atom stereocenters. The van der Waals surface area contributed by atoms with Crippen molar-refractivity contribution in [1.29, 1.82) is 0 Å². The molecular formula is C16H12N2O4S. The maximum Gasteiger partial charge on any atom is 0.437 e. The van der Waals surface area contributed by atoms with E-state index in [1.165, 1.54) is 11.3 Å². The molecule has 0 fully saturated rings. The van der Waals surface area contributed by atoms with Crippen molar-refractivity contribution in [2.45, 2.75) is 13.0 Å². The normalized spacial score (nSPS) is 12.9. The van der Waals surface area contributed by atoms with Crippen molar-refractivity contribution in [3.63, 3.8) is 0 Å². The Morgan fingerprint density at radius 3 is 3.09 bits per heavy atom. The van der Waals surface area contributed by atoms with E-state index in [9.17, 15) is 9.59 Å². The summed E-state index contributed by atoms with van der Waals surface area (Å²) in [6.45, 7) is 0.493. The highest BCUT2D eigenvalue weighted by Crippen LogP contribution is 2.26. The van der Waals surface area contributed by atoms with Gasteiger partial charge in [-0.2, -0.15) is 4.68 Å². The number of ether oxygens (including phenoxy) is 1. The minimum absolute atomic E-state index is 0.145. The van der Waals surface area contributed by atoms with Crippen molar-refractivity contribution < 1.29 is 13.9 Å². The van der Waals surface area contributed by atoms with E-state index in [1.54, 1.807) is 12.1 Å². The minimum atomic E-state index is -0.633. The molecule has 6 nitrogen and oxygen atoms in total. The third-order valence-corrected chi connectivity index (χ3v) is 4.50. The summed E-state index contributed by atoms with van der Waals surface area (Å²) in [5.41, 5.74) is 1.56. The topological polar surface area (TPSA) is 74.3 Å². The van der Waals surface area contributed by atoms with E-state index < -0.39 is 5.76 Å². The molecule has 1 aliphatic heterocycles. The SMILES string of the molecule is O=C(Cn1nc(-c2cccs2)oc1=O)c1ccc2c(c1)CCO2. The van der Waals surface area contributed by atoms with Crippen molar-refractivity contribution >= 4 is 17.1 Å². The van der Waals surface area contributed by atoms with Crippen LogP contribution in [0, 0.1) is 0 Å². The van der Waals surface area contributed by atoms with Crippen LogP contribution in [0.3, 0.4) is 0 Å². The molecule has 3 aromatic rings. The van der Waals surface area contributed by atoms with Gasteiger partial charge in [0.15, 0.2) is 5.78 Å². The van der Waals surface area contributed by atoms with Crippen LogP contribution in [0.4, 0.5) is 0 Å². The molecule has 0 radical (unpaired) electrons. The van der Waals surface area contributed by atoms with Gasteiger partial charge < -0.3 is 9.15 Å². The molecule has 0 aliphatic carbocycles. The number of hydrogen-bond donors (Lipinski definition) is 0. The number of carbonyl (C=O) groups is 1. The Balaban J connectivity index is 1.58. The third-order valence-electron chi connectivity index (χ3n) is 3.64. The average Bonchev–Trinajstić information content (AvgIpc) is 3.27. The number of Topliss-reactive ketones (excluding diaryl/α,β-unsaturated/α-hetero) is 1. The summed E-state index contributed by atoms with van der Waals surface area (Å²) in [6.07, 6.45) is 0.795. The molecule has 23 heavy (non-hydrogen) atoms. The molecule has 3 heterocycles. The number of thiophene rings is 1. The van der Waals surface area contributed by atoms with E-state index in [-0.39, 0.29) is 18.2 Å².